The molecule has 0 aromatic carbocycles. The second kappa shape index (κ2) is 3.11. The number of hydrogen-bond acceptors (Lipinski definition) is 2. The molecule has 0 N–H and O–H groups in total. The molecule has 1 rings (SSSR count). The van der Waals surface area contributed by atoms with Gasteiger partial charge in [-0.05, 0) is 40.8 Å². The van der Waals surface area contributed by atoms with E-state index in [1.807, 2.05) is 0 Å². The molecule has 1 aliphatic heterocycles. The quantitative estimate of drug-likeness (QED) is 0.602. The van der Waals surface area contributed by atoms with Gasteiger partial charge < -0.3 is 9.64 Å². The average molecular weight is 157 g/mol. The molecule has 1 fully saturated rings. The molecule has 0 bridgehead atoms. The highest BCUT2D eigenvalue weighted by atomic mass is 16.5. The van der Waals surface area contributed by atoms with Gasteiger partial charge in [-0.1, -0.05) is 0 Å². The Hall–Kier alpha value is -0.0800. The molecule has 0 aromatic heterocycles. The van der Waals surface area contributed by atoms with Crippen molar-refractivity contribution in [3.8, 4) is 0 Å². The molecule has 0 amide bonds. The van der Waals surface area contributed by atoms with Gasteiger partial charge in [0, 0.05) is 6.54 Å². The minimum atomic E-state index is 0.126. The van der Waals surface area contributed by atoms with Crippen molar-refractivity contribution in [1.82, 2.24) is 4.90 Å². The van der Waals surface area contributed by atoms with Gasteiger partial charge in [0.05, 0.1) is 11.7 Å². The van der Waals surface area contributed by atoms with E-state index >= 15 is 0 Å². The molecule has 1 saturated heterocycles. The molecule has 1 heterocycles. The number of hydrogen-bond donors (Lipinski definition) is 0. The molecule has 66 valence electrons. The van der Waals surface area contributed by atoms with Crippen LogP contribution in [-0.2, 0) is 4.74 Å². The van der Waals surface area contributed by atoms with E-state index in [2.05, 4.69) is 32.8 Å². The fourth-order valence-corrected chi connectivity index (χ4v) is 1.61. The van der Waals surface area contributed by atoms with Gasteiger partial charge in [-0.2, -0.15) is 0 Å². The minimum Gasteiger partial charge on any atom is -0.371 e. The van der Waals surface area contributed by atoms with Crippen LogP contribution in [-0.4, -0.2) is 37.2 Å². The largest absolute Gasteiger partial charge is 0.371 e. The highest BCUT2D eigenvalue weighted by Gasteiger charge is 2.31. The molecule has 0 saturated carbocycles. The number of ether oxygens (including phenoxy) is 1. The van der Waals surface area contributed by atoms with Crippen LogP contribution in [0.5, 0.6) is 0 Å². The first-order valence-electron chi connectivity index (χ1n) is 4.32. The Balaban J connectivity index is 2.31. The average Bonchev–Trinajstić information content (AvgIpc) is 2.08. The lowest BCUT2D eigenvalue weighted by atomic mass is 10.1. The summed E-state index contributed by atoms with van der Waals surface area (Å²) in [6.07, 6.45) is 2.87. The first kappa shape index (κ1) is 9.01. The Labute approximate surface area is 69.5 Å². The first-order chi connectivity index (χ1) is 4.99. The Morgan fingerprint density at radius 3 is 2.45 bits per heavy atom. The van der Waals surface area contributed by atoms with Crippen LogP contribution in [0.1, 0.15) is 26.7 Å². The van der Waals surface area contributed by atoms with E-state index in [4.69, 9.17) is 4.74 Å². The highest BCUT2D eigenvalue weighted by molar-refractivity contribution is 4.81. The maximum absolute atomic E-state index is 5.82. The number of nitrogens with zero attached hydrogens (tertiary/aromatic N) is 1. The van der Waals surface area contributed by atoms with E-state index < -0.39 is 0 Å². The van der Waals surface area contributed by atoms with Crippen molar-refractivity contribution in [2.45, 2.75) is 38.4 Å². The van der Waals surface area contributed by atoms with E-state index in [0.717, 1.165) is 6.54 Å². The van der Waals surface area contributed by atoms with Crippen molar-refractivity contribution < 1.29 is 4.74 Å². The van der Waals surface area contributed by atoms with Crippen molar-refractivity contribution in [3.05, 3.63) is 0 Å². The van der Waals surface area contributed by atoms with Crippen LogP contribution in [0.3, 0.4) is 0 Å². The fourth-order valence-electron chi connectivity index (χ4n) is 1.61. The summed E-state index contributed by atoms with van der Waals surface area (Å²) in [5.41, 5.74) is 0.126. The van der Waals surface area contributed by atoms with Crippen LogP contribution in [0.4, 0.5) is 0 Å². The maximum Gasteiger partial charge on any atom is 0.0710 e. The van der Waals surface area contributed by atoms with Gasteiger partial charge in [0.1, 0.15) is 0 Å². The van der Waals surface area contributed by atoms with Gasteiger partial charge >= 0.3 is 0 Å². The van der Waals surface area contributed by atoms with Gasteiger partial charge in [0.2, 0.25) is 0 Å². The first-order valence-corrected chi connectivity index (χ1v) is 4.32. The third-order valence-corrected chi connectivity index (χ3v) is 2.12. The van der Waals surface area contributed by atoms with Crippen molar-refractivity contribution >= 4 is 0 Å². The van der Waals surface area contributed by atoms with E-state index in [1.54, 1.807) is 0 Å². The second-order valence-electron chi connectivity index (χ2n) is 4.30. The van der Waals surface area contributed by atoms with Crippen LogP contribution in [0.25, 0.3) is 0 Å². The van der Waals surface area contributed by atoms with Gasteiger partial charge in [0.25, 0.3) is 0 Å². The monoisotopic (exact) mass is 157 g/mol. The van der Waals surface area contributed by atoms with Gasteiger partial charge in [-0.25, -0.2) is 0 Å². The molecular weight excluding hydrogens is 138 g/mol. The smallest absolute Gasteiger partial charge is 0.0710 e. The minimum absolute atomic E-state index is 0.126. The van der Waals surface area contributed by atoms with Crippen molar-refractivity contribution in [3.63, 3.8) is 0 Å². The Morgan fingerprint density at radius 2 is 2.09 bits per heavy atom. The van der Waals surface area contributed by atoms with Gasteiger partial charge in [-0.3, -0.25) is 0 Å². The summed E-state index contributed by atoms with van der Waals surface area (Å²) in [7, 11) is 4.18. The van der Waals surface area contributed by atoms with Crippen LogP contribution in [0, 0.1) is 0 Å². The Morgan fingerprint density at radius 1 is 1.45 bits per heavy atom. The van der Waals surface area contributed by atoms with E-state index in [9.17, 15) is 0 Å². The lowest BCUT2D eigenvalue weighted by Crippen LogP contribution is -2.28. The Bertz CT molecular complexity index is 132. The van der Waals surface area contributed by atoms with Crippen molar-refractivity contribution in [2.24, 2.45) is 0 Å². The molecular formula is C9H19NO. The summed E-state index contributed by atoms with van der Waals surface area (Å²) in [6.45, 7) is 5.40. The standard InChI is InChI=1S/C9H19NO/c1-9(2)6-5-8(11-9)7-10(3)4/h8H,5-7H2,1-4H3. The summed E-state index contributed by atoms with van der Waals surface area (Å²) in [5, 5.41) is 0. The van der Waals surface area contributed by atoms with Crippen LogP contribution < -0.4 is 0 Å². The van der Waals surface area contributed by atoms with E-state index in [1.165, 1.54) is 12.8 Å². The van der Waals surface area contributed by atoms with Crippen molar-refractivity contribution in [1.29, 1.82) is 0 Å². The van der Waals surface area contributed by atoms with Crippen LogP contribution >= 0.6 is 0 Å². The zero-order valence-electron chi connectivity index (χ0n) is 8.05. The van der Waals surface area contributed by atoms with E-state index in [-0.39, 0.29) is 5.60 Å². The summed E-state index contributed by atoms with van der Waals surface area (Å²) >= 11 is 0. The van der Waals surface area contributed by atoms with Gasteiger partial charge in [0.15, 0.2) is 0 Å². The number of likely N-dealkylation sites (N-methyl/N-ethyl adjacent to an activating group) is 1. The highest BCUT2D eigenvalue weighted by Crippen LogP contribution is 2.29. The third kappa shape index (κ3) is 2.80. The zero-order valence-corrected chi connectivity index (χ0v) is 8.05. The molecule has 2 heteroatoms. The summed E-state index contributed by atoms with van der Waals surface area (Å²) < 4.78 is 5.82. The number of rotatable bonds is 2. The van der Waals surface area contributed by atoms with E-state index in [0.29, 0.717) is 6.10 Å². The van der Waals surface area contributed by atoms with Crippen molar-refractivity contribution in [2.75, 3.05) is 20.6 Å². The lowest BCUT2D eigenvalue weighted by Gasteiger charge is -2.21. The molecule has 1 aliphatic rings. The summed E-state index contributed by atoms with van der Waals surface area (Å²) in [5.74, 6) is 0. The normalized spacial score (nSPS) is 29.7. The maximum atomic E-state index is 5.82. The summed E-state index contributed by atoms with van der Waals surface area (Å²) in [6, 6.07) is 0. The Kier molecular flexibility index (Phi) is 2.55. The predicted molar refractivity (Wildman–Crippen MR) is 46.7 cm³/mol. The molecule has 0 spiro atoms. The lowest BCUT2D eigenvalue weighted by molar-refractivity contribution is -0.0236. The molecule has 1 atom stereocenters. The van der Waals surface area contributed by atoms with Gasteiger partial charge in [-0.15, -0.1) is 0 Å². The molecule has 0 aromatic rings. The topological polar surface area (TPSA) is 12.5 Å². The summed E-state index contributed by atoms with van der Waals surface area (Å²) in [4.78, 5) is 2.19. The molecule has 11 heavy (non-hydrogen) atoms. The fraction of sp³-hybridized carbons (Fsp3) is 1.00. The van der Waals surface area contributed by atoms with Crippen LogP contribution in [0.15, 0.2) is 0 Å². The molecule has 2 nitrogen and oxygen atoms in total. The van der Waals surface area contributed by atoms with Crippen LogP contribution in [0.2, 0.25) is 0 Å². The molecule has 1 unspecified atom stereocenters. The molecule has 0 aliphatic carbocycles. The molecule has 0 radical (unpaired) electrons. The zero-order chi connectivity index (χ0) is 8.48. The second-order valence-corrected chi connectivity index (χ2v) is 4.30. The third-order valence-electron chi connectivity index (χ3n) is 2.12. The SMILES string of the molecule is CN(C)CC1CCC(C)(C)O1. The predicted octanol–water partition coefficient (Wildman–Crippen LogP) is 1.51.